The van der Waals surface area contributed by atoms with Crippen LogP contribution in [0.1, 0.15) is 17.3 Å². The molecule has 1 aromatic rings. The summed E-state index contributed by atoms with van der Waals surface area (Å²) in [6.45, 7) is -1.75. The number of rotatable bonds is 8. The van der Waals surface area contributed by atoms with Gasteiger partial charge in [0.15, 0.2) is 0 Å². The molecule has 0 bridgehead atoms. The van der Waals surface area contributed by atoms with Crippen LogP contribution in [0.5, 0.6) is 11.5 Å². The molecule has 0 unspecified atom stereocenters. The molecule has 0 aliphatic heterocycles. The van der Waals surface area contributed by atoms with Gasteiger partial charge in [0.05, 0.1) is 6.61 Å². The lowest BCUT2D eigenvalue weighted by Crippen LogP contribution is -2.28. The lowest BCUT2D eigenvalue weighted by molar-refractivity contribution is -0.142. The summed E-state index contributed by atoms with van der Waals surface area (Å²) in [6, 6.07) is 3.75. The third-order valence-corrected chi connectivity index (χ3v) is 2.61. The molecule has 0 aliphatic rings. The maximum absolute atomic E-state index is 12.0. The SMILES string of the molecule is CN/C=C\C(=N)NC(=O)c1cc(O)cc(O[C@@H](C)COC(F)F)c1. The summed E-state index contributed by atoms with van der Waals surface area (Å²) in [6.07, 6.45) is 2.08. The predicted molar refractivity (Wildman–Crippen MR) is 83.5 cm³/mol. The smallest absolute Gasteiger partial charge is 0.345 e. The van der Waals surface area contributed by atoms with Crippen molar-refractivity contribution < 1.29 is 28.2 Å². The van der Waals surface area contributed by atoms with Crippen molar-refractivity contribution in [2.45, 2.75) is 19.6 Å². The molecule has 0 fully saturated rings. The molecule has 9 heteroatoms. The molecule has 0 radical (unpaired) electrons. The molecule has 0 saturated carbocycles. The number of halogens is 2. The number of benzene rings is 1. The van der Waals surface area contributed by atoms with E-state index in [0.29, 0.717) is 0 Å². The Bertz CT molecular complexity index is 608. The quantitative estimate of drug-likeness (QED) is 0.426. The molecule has 1 aromatic carbocycles. The van der Waals surface area contributed by atoms with Crippen molar-refractivity contribution in [3.8, 4) is 11.5 Å². The average Bonchev–Trinajstić information content (AvgIpc) is 2.50. The van der Waals surface area contributed by atoms with E-state index in [9.17, 15) is 18.7 Å². The van der Waals surface area contributed by atoms with Crippen molar-refractivity contribution in [1.82, 2.24) is 10.6 Å². The number of amides is 1. The monoisotopic (exact) mass is 343 g/mol. The first kappa shape index (κ1) is 19.4. The van der Waals surface area contributed by atoms with Crippen LogP contribution < -0.4 is 15.4 Å². The molecule has 0 aliphatic carbocycles. The number of aromatic hydroxyl groups is 1. The Labute approximate surface area is 137 Å². The number of nitrogens with one attached hydrogen (secondary N) is 3. The zero-order valence-electron chi connectivity index (χ0n) is 13.2. The Morgan fingerprint density at radius 3 is 2.75 bits per heavy atom. The third-order valence-electron chi connectivity index (χ3n) is 2.61. The summed E-state index contributed by atoms with van der Waals surface area (Å²) < 4.78 is 33.4. The minimum Gasteiger partial charge on any atom is -0.508 e. The molecule has 7 nitrogen and oxygen atoms in total. The lowest BCUT2D eigenvalue weighted by Gasteiger charge is -2.15. The zero-order valence-corrected chi connectivity index (χ0v) is 13.2. The topological polar surface area (TPSA) is 104 Å². The van der Waals surface area contributed by atoms with E-state index >= 15 is 0 Å². The molecule has 1 amide bonds. The van der Waals surface area contributed by atoms with Gasteiger partial charge in [-0.3, -0.25) is 10.2 Å². The van der Waals surface area contributed by atoms with E-state index in [4.69, 9.17) is 10.1 Å². The van der Waals surface area contributed by atoms with E-state index in [-0.39, 0.29) is 29.5 Å². The Balaban J connectivity index is 2.76. The molecule has 132 valence electrons. The molecule has 4 N–H and O–H groups in total. The van der Waals surface area contributed by atoms with Crippen LogP contribution in [0.2, 0.25) is 0 Å². The minimum absolute atomic E-state index is 0.0505. The van der Waals surface area contributed by atoms with Crippen LogP contribution in [-0.2, 0) is 4.74 Å². The maximum Gasteiger partial charge on any atom is 0.345 e. The van der Waals surface area contributed by atoms with Gasteiger partial charge in [-0.2, -0.15) is 8.78 Å². The van der Waals surface area contributed by atoms with Crippen molar-refractivity contribution in [2.24, 2.45) is 0 Å². The first-order valence-electron chi connectivity index (χ1n) is 6.96. The van der Waals surface area contributed by atoms with E-state index in [2.05, 4.69) is 15.4 Å². The summed E-state index contributed by atoms with van der Waals surface area (Å²) >= 11 is 0. The maximum atomic E-state index is 12.0. The largest absolute Gasteiger partial charge is 0.508 e. The van der Waals surface area contributed by atoms with E-state index in [1.165, 1.54) is 37.4 Å². The highest BCUT2D eigenvalue weighted by molar-refractivity contribution is 6.09. The van der Waals surface area contributed by atoms with Gasteiger partial charge in [0.1, 0.15) is 23.4 Å². The number of alkyl halides is 2. The fraction of sp³-hybridized carbons (Fsp3) is 0.333. The number of carbonyl (C=O) groups is 1. The van der Waals surface area contributed by atoms with Gasteiger partial charge in [-0.15, -0.1) is 0 Å². The van der Waals surface area contributed by atoms with Gasteiger partial charge in [-0.25, -0.2) is 0 Å². The second-order valence-corrected chi connectivity index (χ2v) is 4.73. The van der Waals surface area contributed by atoms with Gasteiger partial charge in [0.25, 0.3) is 5.91 Å². The normalized spacial score (nSPS) is 12.2. The molecule has 1 atom stereocenters. The highest BCUT2D eigenvalue weighted by Crippen LogP contribution is 2.23. The molecular weight excluding hydrogens is 324 g/mol. The summed E-state index contributed by atoms with van der Waals surface area (Å²) in [7, 11) is 1.64. The lowest BCUT2D eigenvalue weighted by atomic mass is 10.2. The number of phenols is 1. The second-order valence-electron chi connectivity index (χ2n) is 4.73. The number of carbonyl (C=O) groups excluding carboxylic acids is 1. The highest BCUT2D eigenvalue weighted by Gasteiger charge is 2.13. The Kier molecular flexibility index (Phi) is 7.63. The number of ether oxygens (including phenoxy) is 2. The number of amidine groups is 1. The molecule has 0 aromatic heterocycles. The van der Waals surface area contributed by atoms with Gasteiger partial charge in [-0.05, 0) is 31.3 Å². The Morgan fingerprint density at radius 2 is 2.12 bits per heavy atom. The number of phenolic OH excluding ortho intramolecular Hbond substituents is 1. The summed E-state index contributed by atoms with van der Waals surface area (Å²) in [5, 5.41) is 22.2. The fourth-order valence-electron chi connectivity index (χ4n) is 1.66. The van der Waals surface area contributed by atoms with Crippen molar-refractivity contribution in [2.75, 3.05) is 13.7 Å². The van der Waals surface area contributed by atoms with Gasteiger partial charge in [-0.1, -0.05) is 0 Å². The standard InChI is InChI=1S/C15H19F2N3O4/c1-9(8-23-15(16)17)24-12-6-10(5-11(21)7-12)14(22)20-13(18)3-4-19-2/h3-7,9,15,19,21H,8H2,1-2H3,(H2,18,20,22)/b4-3-/t9-/m0/s1. The first-order valence-corrected chi connectivity index (χ1v) is 6.96. The van der Waals surface area contributed by atoms with Crippen molar-refractivity contribution in [3.63, 3.8) is 0 Å². The van der Waals surface area contributed by atoms with Crippen molar-refractivity contribution in [3.05, 3.63) is 36.0 Å². The first-order chi connectivity index (χ1) is 11.3. The summed E-state index contributed by atoms with van der Waals surface area (Å²) in [4.78, 5) is 12.0. The summed E-state index contributed by atoms with van der Waals surface area (Å²) in [5.41, 5.74) is 0.0505. The van der Waals surface area contributed by atoms with Gasteiger partial charge >= 0.3 is 6.61 Å². The van der Waals surface area contributed by atoms with Crippen LogP contribution >= 0.6 is 0 Å². The second kappa shape index (κ2) is 9.46. The number of hydrogen-bond acceptors (Lipinski definition) is 6. The van der Waals surface area contributed by atoms with Gasteiger partial charge in [0.2, 0.25) is 0 Å². The van der Waals surface area contributed by atoms with Gasteiger partial charge in [0, 0.05) is 18.7 Å². The fourth-order valence-corrected chi connectivity index (χ4v) is 1.66. The Morgan fingerprint density at radius 1 is 1.42 bits per heavy atom. The number of hydrogen-bond donors (Lipinski definition) is 4. The molecule has 24 heavy (non-hydrogen) atoms. The van der Waals surface area contributed by atoms with Crippen LogP contribution in [-0.4, -0.2) is 43.2 Å². The molecule has 1 rings (SSSR count). The van der Waals surface area contributed by atoms with E-state index < -0.39 is 18.6 Å². The van der Waals surface area contributed by atoms with E-state index in [0.717, 1.165) is 0 Å². The van der Waals surface area contributed by atoms with Crippen LogP contribution in [0.15, 0.2) is 30.5 Å². The van der Waals surface area contributed by atoms with Crippen LogP contribution in [0.3, 0.4) is 0 Å². The predicted octanol–water partition coefficient (Wildman–Crippen LogP) is 1.84. The van der Waals surface area contributed by atoms with Crippen molar-refractivity contribution >= 4 is 11.7 Å². The molecule has 0 saturated heterocycles. The van der Waals surface area contributed by atoms with E-state index in [1.807, 2.05) is 0 Å². The molecule has 0 spiro atoms. The highest BCUT2D eigenvalue weighted by atomic mass is 19.3. The zero-order chi connectivity index (χ0) is 18.1. The van der Waals surface area contributed by atoms with Crippen LogP contribution in [0.4, 0.5) is 8.78 Å². The van der Waals surface area contributed by atoms with Crippen molar-refractivity contribution in [1.29, 1.82) is 5.41 Å². The van der Waals surface area contributed by atoms with Gasteiger partial charge < -0.3 is 25.2 Å². The Hall–Kier alpha value is -2.68. The van der Waals surface area contributed by atoms with Crippen LogP contribution in [0.25, 0.3) is 0 Å². The van der Waals surface area contributed by atoms with Crippen LogP contribution in [0, 0.1) is 5.41 Å². The minimum atomic E-state index is -2.90. The molecule has 0 heterocycles. The average molecular weight is 343 g/mol. The summed E-state index contributed by atoms with van der Waals surface area (Å²) in [5.74, 6) is -0.906. The van der Waals surface area contributed by atoms with E-state index in [1.54, 1.807) is 7.05 Å². The molecular formula is C15H19F2N3O4. The third kappa shape index (κ3) is 7.05.